The van der Waals surface area contributed by atoms with Gasteiger partial charge in [-0.1, -0.05) is 29.8 Å². The van der Waals surface area contributed by atoms with E-state index in [0.717, 1.165) is 5.56 Å². The summed E-state index contributed by atoms with van der Waals surface area (Å²) in [5.41, 5.74) is 0.450. The highest BCUT2D eigenvalue weighted by atomic mass is 35.5. The van der Waals surface area contributed by atoms with Gasteiger partial charge >= 0.3 is 0 Å². The van der Waals surface area contributed by atoms with Gasteiger partial charge in [0.1, 0.15) is 6.07 Å². The molecular weight excluding hydrogens is 282 g/mol. The predicted octanol–water partition coefficient (Wildman–Crippen LogP) is 4.66. The lowest BCUT2D eigenvalue weighted by atomic mass is 10.1. The summed E-state index contributed by atoms with van der Waals surface area (Å²) >= 11 is 6.05. The summed E-state index contributed by atoms with van der Waals surface area (Å²) in [4.78, 5) is 0. The third-order valence-electron chi connectivity index (χ3n) is 2.95. The second-order valence-electron chi connectivity index (χ2n) is 4.29. The van der Waals surface area contributed by atoms with Crippen molar-refractivity contribution in [2.45, 2.75) is 13.0 Å². The molecule has 0 saturated carbocycles. The van der Waals surface area contributed by atoms with Gasteiger partial charge in [0.2, 0.25) is 0 Å². The maximum Gasteiger partial charge on any atom is 0.183 e. The number of rotatable bonds is 3. The van der Waals surface area contributed by atoms with Crippen LogP contribution in [0, 0.1) is 23.0 Å². The number of nitrogens with one attached hydrogen (secondary N) is 1. The van der Waals surface area contributed by atoms with Crippen LogP contribution in [0.2, 0.25) is 5.02 Å². The maximum atomic E-state index is 13.8. The fourth-order valence-electron chi connectivity index (χ4n) is 1.88. The minimum atomic E-state index is -1.15. The van der Waals surface area contributed by atoms with E-state index in [1.54, 1.807) is 31.2 Å². The maximum absolute atomic E-state index is 13.8. The van der Waals surface area contributed by atoms with E-state index in [9.17, 15) is 8.78 Å². The molecule has 2 nitrogen and oxygen atoms in total. The summed E-state index contributed by atoms with van der Waals surface area (Å²) in [6.45, 7) is 1.79. The summed E-state index contributed by atoms with van der Waals surface area (Å²) in [6.07, 6.45) is 0. The first-order chi connectivity index (χ1) is 9.54. The second kappa shape index (κ2) is 5.89. The van der Waals surface area contributed by atoms with Crippen LogP contribution in [0.5, 0.6) is 0 Å². The molecule has 1 N–H and O–H groups in total. The molecule has 0 aliphatic carbocycles. The number of nitrogens with zero attached hydrogens (tertiary/aromatic N) is 1. The Morgan fingerprint density at radius 1 is 1.15 bits per heavy atom. The van der Waals surface area contributed by atoms with E-state index in [0.29, 0.717) is 5.02 Å². The zero-order chi connectivity index (χ0) is 14.7. The van der Waals surface area contributed by atoms with Crippen LogP contribution < -0.4 is 5.32 Å². The molecule has 0 spiro atoms. The van der Waals surface area contributed by atoms with Gasteiger partial charge < -0.3 is 5.32 Å². The van der Waals surface area contributed by atoms with Gasteiger partial charge in [-0.3, -0.25) is 0 Å². The van der Waals surface area contributed by atoms with Gasteiger partial charge in [0.05, 0.1) is 17.3 Å². The third-order valence-corrected chi connectivity index (χ3v) is 3.29. The summed E-state index contributed by atoms with van der Waals surface area (Å²) in [5.74, 6) is -2.22. The SMILES string of the molecule is CC(Nc1ccc(C#N)c(F)c1F)c1ccccc1Cl. The number of hydrogen-bond donors (Lipinski definition) is 1. The smallest absolute Gasteiger partial charge is 0.183 e. The number of benzene rings is 2. The van der Waals surface area contributed by atoms with E-state index in [-0.39, 0.29) is 17.3 Å². The lowest BCUT2D eigenvalue weighted by molar-refractivity contribution is 0.507. The first kappa shape index (κ1) is 14.3. The second-order valence-corrected chi connectivity index (χ2v) is 4.70. The molecule has 0 bridgehead atoms. The largest absolute Gasteiger partial charge is 0.376 e. The van der Waals surface area contributed by atoms with Crippen molar-refractivity contribution in [1.29, 1.82) is 5.26 Å². The lowest BCUT2D eigenvalue weighted by Gasteiger charge is -2.17. The molecule has 0 radical (unpaired) electrons. The van der Waals surface area contributed by atoms with Crippen LogP contribution in [-0.4, -0.2) is 0 Å². The summed E-state index contributed by atoms with van der Waals surface area (Å²) in [5, 5.41) is 12.0. The van der Waals surface area contributed by atoms with Crippen LogP contribution in [0.25, 0.3) is 0 Å². The Morgan fingerprint density at radius 2 is 1.85 bits per heavy atom. The molecule has 2 aromatic rings. The van der Waals surface area contributed by atoms with Crippen LogP contribution in [0.4, 0.5) is 14.5 Å². The Labute approximate surface area is 120 Å². The van der Waals surface area contributed by atoms with Crippen LogP contribution in [0.3, 0.4) is 0 Å². The molecule has 2 aromatic carbocycles. The molecule has 20 heavy (non-hydrogen) atoms. The van der Waals surface area contributed by atoms with Crippen LogP contribution >= 0.6 is 11.6 Å². The quantitative estimate of drug-likeness (QED) is 0.893. The van der Waals surface area contributed by atoms with E-state index < -0.39 is 11.6 Å². The van der Waals surface area contributed by atoms with Crippen molar-refractivity contribution >= 4 is 17.3 Å². The Bertz CT molecular complexity index is 680. The number of halogens is 3. The van der Waals surface area contributed by atoms with Crippen molar-refractivity contribution in [3.05, 3.63) is 64.2 Å². The Balaban J connectivity index is 2.30. The zero-order valence-electron chi connectivity index (χ0n) is 10.6. The summed E-state index contributed by atoms with van der Waals surface area (Å²) in [6, 6.07) is 11.0. The molecule has 0 fully saturated rings. The minimum absolute atomic E-state index is 0.00563. The molecule has 102 valence electrons. The molecule has 0 aromatic heterocycles. The summed E-state index contributed by atoms with van der Waals surface area (Å²) in [7, 11) is 0. The Morgan fingerprint density at radius 3 is 2.50 bits per heavy atom. The Hall–Kier alpha value is -2.12. The lowest BCUT2D eigenvalue weighted by Crippen LogP contribution is -2.09. The average molecular weight is 293 g/mol. The van der Waals surface area contributed by atoms with E-state index in [1.165, 1.54) is 12.1 Å². The van der Waals surface area contributed by atoms with Crippen molar-refractivity contribution in [1.82, 2.24) is 0 Å². The van der Waals surface area contributed by atoms with Gasteiger partial charge in [-0.05, 0) is 30.7 Å². The normalized spacial score (nSPS) is 11.8. The number of hydrogen-bond acceptors (Lipinski definition) is 2. The topological polar surface area (TPSA) is 35.8 Å². The van der Waals surface area contributed by atoms with Gasteiger partial charge in [-0.15, -0.1) is 0 Å². The molecule has 0 heterocycles. The third kappa shape index (κ3) is 2.73. The fraction of sp³-hybridized carbons (Fsp3) is 0.133. The van der Waals surface area contributed by atoms with Crippen molar-refractivity contribution in [3.63, 3.8) is 0 Å². The standard InChI is InChI=1S/C15H11ClF2N2/c1-9(11-4-2-3-5-12(11)16)20-13-7-6-10(8-19)14(17)15(13)18/h2-7,9,20H,1H3. The first-order valence-electron chi connectivity index (χ1n) is 5.93. The molecule has 1 atom stereocenters. The number of nitriles is 1. The molecular formula is C15H11ClF2N2. The highest BCUT2D eigenvalue weighted by Gasteiger charge is 2.16. The van der Waals surface area contributed by atoms with Crippen molar-refractivity contribution in [3.8, 4) is 6.07 Å². The zero-order valence-corrected chi connectivity index (χ0v) is 11.4. The molecule has 1 unspecified atom stereocenters. The molecule has 2 rings (SSSR count). The monoisotopic (exact) mass is 292 g/mol. The Kier molecular flexibility index (Phi) is 4.21. The van der Waals surface area contributed by atoms with Crippen molar-refractivity contribution in [2.75, 3.05) is 5.32 Å². The van der Waals surface area contributed by atoms with E-state index in [2.05, 4.69) is 5.32 Å². The minimum Gasteiger partial charge on any atom is -0.376 e. The van der Waals surface area contributed by atoms with Gasteiger partial charge in [0.25, 0.3) is 0 Å². The van der Waals surface area contributed by atoms with E-state index in [1.807, 2.05) is 6.07 Å². The first-order valence-corrected chi connectivity index (χ1v) is 6.31. The van der Waals surface area contributed by atoms with Crippen molar-refractivity contribution < 1.29 is 8.78 Å². The molecule has 0 aliphatic rings. The highest BCUT2D eigenvalue weighted by molar-refractivity contribution is 6.31. The van der Waals surface area contributed by atoms with Crippen LogP contribution in [0.15, 0.2) is 36.4 Å². The van der Waals surface area contributed by atoms with Crippen LogP contribution in [0.1, 0.15) is 24.1 Å². The molecule has 5 heteroatoms. The number of anilines is 1. The molecule has 0 saturated heterocycles. The summed E-state index contributed by atoms with van der Waals surface area (Å²) < 4.78 is 27.3. The van der Waals surface area contributed by atoms with Gasteiger partial charge in [-0.2, -0.15) is 5.26 Å². The van der Waals surface area contributed by atoms with E-state index >= 15 is 0 Å². The molecule has 0 aliphatic heterocycles. The molecule has 0 amide bonds. The van der Waals surface area contributed by atoms with E-state index in [4.69, 9.17) is 16.9 Å². The average Bonchev–Trinajstić information content (AvgIpc) is 2.44. The predicted molar refractivity (Wildman–Crippen MR) is 74.6 cm³/mol. The van der Waals surface area contributed by atoms with Crippen LogP contribution in [-0.2, 0) is 0 Å². The van der Waals surface area contributed by atoms with Crippen molar-refractivity contribution in [2.24, 2.45) is 0 Å². The highest BCUT2D eigenvalue weighted by Crippen LogP contribution is 2.28. The van der Waals surface area contributed by atoms with Gasteiger partial charge in [-0.25, -0.2) is 8.78 Å². The van der Waals surface area contributed by atoms with Gasteiger partial charge in [0, 0.05) is 5.02 Å². The fourth-order valence-corrected chi connectivity index (χ4v) is 2.18. The van der Waals surface area contributed by atoms with Gasteiger partial charge in [0.15, 0.2) is 11.6 Å².